The van der Waals surface area contributed by atoms with Crippen molar-refractivity contribution in [3.8, 4) is 0 Å². The van der Waals surface area contributed by atoms with E-state index in [9.17, 15) is 4.79 Å². The highest BCUT2D eigenvalue weighted by molar-refractivity contribution is 9.10. The average molecular weight is 335 g/mol. The van der Waals surface area contributed by atoms with Gasteiger partial charge in [0.15, 0.2) is 0 Å². The highest BCUT2D eigenvalue weighted by Gasteiger charge is 2.09. The summed E-state index contributed by atoms with van der Waals surface area (Å²) >= 11 is 9.20. The number of unbranched alkanes of at least 4 members (excludes halogenated alkanes) is 2. The molecule has 100 valence electrons. The van der Waals surface area contributed by atoms with E-state index < -0.39 is 0 Å². The van der Waals surface area contributed by atoms with Crippen molar-refractivity contribution in [3.63, 3.8) is 0 Å². The molecule has 0 saturated carbocycles. The van der Waals surface area contributed by atoms with Crippen molar-refractivity contribution in [1.29, 1.82) is 0 Å². The highest BCUT2D eigenvalue weighted by atomic mass is 79.9. The van der Waals surface area contributed by atoms with Gasteiger partial charge < -0.3 is 10.1 Å². The van der Waals surface area contributed by atoms with Gasteiger partial charge in [-0.25, -0.2) is 0 Å². The molecule has 0 aromatic heterocycles. The Morgan fingerprint density at radius 2 is 2.17 bits per heavy atom. The number of amides is 1. The van der Waals surface area contributed by atoms with Gasteiger partial charge in [0.2, 0.25) is 0 Å². The molecule has 1 aromatic carbocycles. The molecule has 0 aliphatic rings. The average Bonchev–Trinajstić information content (AvgIpc) is 2.36. The molecule has 1 N–H and O–H groups in total. The molecule has 0 aliphatic heterocycles. The monoisotopic (exact) mass is 333 g/mol. The molecular formula is C13H17BrClNO2. The number of nitrogens with one attached hydrogen (secondary N) is 1. The number of rotatable bonds is 7. The predicted molar refractivity (Wildman–Crippen MR) is 77.2 cm³/mol. The number of hydrogen-bond donors (Lipinski definition) is 1. The molecule has 0 saturated heterocycles. The molecule has 0 heterocycles. The molecule has 1 aromatic rings. The van der Waals surface area contributed by atoms with E-state index >= 15 is 0 Å². The van der Waals surface area contributed by atoms with Gasteiger partial charge >= 0.3 is 0 Å². The van der Waals surface area contributed by atoms with Crippen molar-refractivity contribution in [3.05, 3.63) is 33.3 Å². The van der Waals surface area contributed by atoms with Crippen LogP contribution >= 0.6 is 27.5 Å². The Kier molecular flexibility index (Phi) is 7.32. The van der Waals surface area contributed by atoms with Gasteiger partial charge in [0.1, 0.15) is 0 Å². The zero-order valence-electron chi connectivity index (χ0n) is 10.3. The molecule has 0 radical (unpaired) electrons. The molecule has 0 unspecified atom stereocenters. The predicted octanol–water partition coefficient (Wildman–Crippen LogP) is 3.65. The zero-order chi connectivity index (χ0) is 13.4. The number of carbonyl (C=O) groups excluding carboxylic acids is 1. The van der Waals surface area contributed by atoms with Crippen LogP contribution in [0.15, 0.2) is 22.7 Å². The van der Waals surface area contributed by atoms with Crippen molar-refractivity contribution in [2.45, 2.75) is 19.3 Å². The van der Waals surface area contributed by atoms with Crippen molar-refractivity contribution in [1.82, 2.24) is 5.32 Å². The van der Waals surface area contributed by atoms with Crippen LogP contribution in [0.25, 0.3) is 0 Å². The third-order valence-corrected chi connectivity index (χ3v) is 3.41. The molecule has 18 heavy (non-hydrogen) atoms. The van der Waals surface area contributed by atoms with Crippen LogP contribution in [0.3, 0.4) is 0 Å². The number of halogens is 2. The number of carbonyl (C=O) groups is 1. The van der Waals surface area contributed by atoms with E-state index in [1.165, 1.54) is 0 Å². The fraction of sp³-hybridized carbons (Fsp3) is 0.462. The molecule has 5 heteroatoms. The molecule has 0 bridgehead atoms. The van der Waals surface area contributed by atoms with Crippen molar-refractivity contribution >= 4 is 33.4 Å². The van der Waals surface area contributed by atoms with E-state index in [-0.39, 0.29) is 5.91 Å². The number of benzene rings is 1. The second-order valence-electron chi connectivity index (χ2n) is 3.93. The summed E-state index contributed by atoms with van der Waals surface area (Å²) in [6, 6.07) is 5.18. The van der Waals surface area contributed by atoms with Gasteiger partial charge in [0.05, 0.1) is 5.56 Å². The lowest BCUT2D eigenvalue weighted by Gasteiger charge is -2.07. The maximum atomic E-state index is 11.9. The van der Waals surface area contributed by atoms with E-state index in [1.807, 2.05) is 0 Å². The largest absolute Gasteiger partial charge is 0.385 e. The lowest BCUT2D eigenvalue weighted by molar-refractivity contribution is 0.0952. The standard InChI is InChI=1S/C13H17BrClNO2/c1-18-8-4-2-3-7-16-13(17)11-9-10(15)5-6-12(11)14/h5-6,9H,2-4,7-8H2,1H3,(H,16,17). The van der Waals surface area contributed by atoms with Crippen molar-refractivity contribution in [2.75, 3.05) is 20.3 Å². The van der Waals surface area contributed by atoms with E-state index in [1.54, 1.807) is 25.3 Å². The first-order chi connectivity index (χ1) is 8.65. The first-order valence-electron chi connectivity index (χ1n) is 5.87. The second-order valence-corrected chi connectivity index (χ2v) is 5.22. The normalized spacial score (nSPS) is 10.4. The molecular weight excluding hydrogens is 318 g/mol. The van der Waals surface area contributed by atoms with E-state index in [2.05, 4.69) is 21.2 Å². The van der Waals surface area contributed by atoms with Crippen molar-refractivity contribution < 1.29 is 9.53 Å². The maximum absolute atomic E-state index is 11.9. The third kappa shape index (κ3) is 5.38. The Hall–Kier alpha value is -0.580. The third-order valence-electron chi connectivity index (χ3n) is 2.48. The topological polar surface area (TPSA) is 38.3 Å². The fourth-order valence-corrected chi connectivity index (χ4v) is 2.12. The smallest absolute Gasteiger partial charge is 0.252 e. The van der Waals surface area contributed by atoms with Crippen LogP contribution in [0.5, 0.6) is 0 Å². The van der Waals surface area contributed by atoms with Gasteiger partial charge in [-0.2, -0.15) is 0 Å². The van der Waals surface area contributed by atoms with Crippen LogP contribution in [0.2, 0.25) is 5.02 Å². The van der Waals surface area contributed by atoms with Crippen LogP contribution in [-0.4, -0.2) is 26.2 Å². The van der Waals surface area contributed by atoms with Gasteiger partial charge in [-0.1, -0.05) is 11.6 Å². The Balaban J connectivity index is 2.34. The summed E-state index contributed by atoms with van der Waals surface area (Å²) in [4.78, 5) is 11.9. The fourth-order valence-electron chi connectivity index (χ4n) is 1.52. The number of hydrogen-bond acceptors (Lipinski definition) is 2. The Morgan fingerprint density at radius 3 is 2.89 bits per heavy atom. The lowest BCUT2D eigenvalue weighted by atomic mass is 10.2. The molecule has 1 rings (SSSR count). The summed E-state index contributed by atoms with van der Waals surface area (Å²) in [5, 5.41) is 3.43. The summed E-state index contributed by atoms with van der Waals surface area (Å²) in [6.07, 6.45) is 3.02. The minimum absolute atomic E-state index is 0.101. The van der Waals surface area contributed by atoms with Crippen LogP contribution in [0, 0.1) is 0 Å². The SMILES string of the molecule is COCCCCCNC(=O)c1cc(Cl)ccc1Br. The Labute approximate surface area is 121 Å². The van der Waals surface area contributed by atoms with E-state index in [0.717, 1.165) is 30.3 Å². The van der Waals surface area contributed by atoms with Crippen LogP contribution in [0.1, 0.15) is 29.6 Å². The summed E-state index contributed by atoms with van der Waals surface area (Å²) < 4.78 is 5.71. The summed E-state index contributed by atoms with van der Waals surface area (Å²) in [5.74, 6) is -0.101. The molecule has 0 aliphatic carbocycles. The van der Waals surface area contributed by atoms with Gasteiger partial charge in [0.25, 0.3) is 5.91 Å². The van der Waals surface area contributed by atoms with Crippen LogP contribution < -0.4 is 5.32 Å². The highest BCUT2D eigenvalue weighted by Crippen LogP contribution is 2.20. The lowest BCUT2D eigenvalue weighted by Crippen LogP contribution is -2.24. The van der Waals surface area contributed by atoms with Crippen molar-refractivity contribution in [2.24, 2.45) is 0 Å². The first kappa shape index (κ1) is 15.5. The molecule has 0 fully saturated rings. The summed E-state index contributed by atoms with van der Waals surface area (Å²) in [5.41, 5.74) is 0.569. The Bertz CT molecular complexity index is 399. The second kappa shape index (κ2) is 8.51. The summed E-state index contributed by atoms with van der Waals surface area (Å²) in [7, 11) is 1.69. The molecule has 1 amide bonds. The molecule has 0 spiro atoms. The maximum Gasteiger partial charge on any atom is 0.252 e. The minimum atomic E-state index is -0.101. The van der Waals surface area contributed by atoms with E-state index in [0.29, 0.717) is 17.1 Å². The van der Waals surface area contributed by atoms with E-state index in [4.69, 9.17) is 16.3 Å². The van der Waals surface area contributed by atoms with Gasteiger partial charge in [-0.05, 0) is 53.4 Å². The van der Waals surface area contributed by atoms with Gasteiger partial charge in [-0.15, -0.1) is 0 Å². The quantitative estimate of drug-likeness (QED) is 0.773. The molecule has 0 atom stereocenters. The zero-order valence-corrected chi connectivity index (χ0v) is 12.7. The van der Waals surface area contributed by atoms with Gasteiger partial charge in [0, 0.05) is 29.8 Å². The van der Waals surface area contributed by atoms with Crippen LogP contribution in [0.4, 0.5) is 0 Å². The van der Waals surface area contributed by atoms with Gasteiger partial charge in [-0.3, -0.25) is 4.79 Å². The number of ether oxygens (including phenoxy) is 1. The first-order valence-corrected chi connectivity index (χ1v) is 7.04. The molecule has 3 nitrogen and oxygen atoms in total. The Morgan fingerprint density at radius 1 is 1.39 bits per heavy atom. The summed E-state index contributed by atoms with van der Waals surface area (Å²) in [6.45, 7) is 1.44. The van der Waals surface area contributed by atoms with Crippen LogP contribution in [-0.2, 0) is 4.74 Å². The number of methoxy groups -OCH3 is 1. The minimum Gasteiger partial charge on any atom is -0.385 e.